The molecule has 0 saturated carbocycles. The van der Waals surface area contributed by atoms with Gasteiger partial charge in [-0.3, -0.25) is 9.59 Å². The van der Waals surface area contributed by atoms with Crippen molar-refractivity contribution in [2.75, 3.05) is 26.3 Å². The molecule has 0 fully saturated rings. The minimum atomic E-state index is -0.331. The number of amides is 1. The second-order valence-electron chi connectivity index (χ2n) is 6.22. The molecule has 0 N–H and O–H groups in total. The van der Waals surface area contributed by atoms with Crippen molar-refractivity contribution in [3.8, 4) is 5.75 Å². The lowest BCUT2D eigenvalue weighted by atomic mass is 10.1. The van der Waals surface area contributed by atoms with Gasteiger partial charge < -0.3 is 14.4 Å². The predicted octanol–water partition coefficient (Wildman–Crippen LogP) is 3.62. The number of carbonyl (C=O) groups excluding carboxylic acids is 2. The van der Waals surface area contributed by atoms with Crippen LogP contribution in [0.5, 0.6) is 5.75 Å². The number of ether oxygens (including phenoxy) is 2. The Kier molecular flexibility index (Phi) is 8.98. The van der Waals surface area contributed by atoms with E-state index < -0.39 is 0 Å². The van der Waals surface area contributed by atoms with E-state index in [-0.39, 0.29) is 43.7 Å². The van der Waals surface area contributed by atoms with Gasteiger partial charge in [-0.25, -0.2) is 4.39 Å². The Balaban J connectivity index is 1.88. The quantitative estimate of drug-likeness (QED) is 0.553. The first-order valence-corrected chi connectivity index (χ1v) is 9.44. The van der Waals surface area contributed by atoms with Crippen molar-refractivity contribution in [3.63, 3.8) is 0 Å². The Morgan fingerprint density at radius 3 is 2.36 bits per heavy atom. The van der Waals surface area contributed by atoms with Crippen molar-refractivity contribution < 1.29 is 23.5 Å². The van der Waals surface area contributed by atoms with Gasteiger partial charge in [0.25, 0.3) is 0 Å². The molecule has 6 heteroatoms. The van der Waals surface area contributed by atoms with Gasteiger partial charge in [0.2, 0.25) is 5.91 Å². The van der Waals surface area contributed by atoms with Crippen molar-refractivity contribution in [2.45, 2.75) is 26.2 Å². The van der Waals surface area contributed by atoms with Gasteiger partial charge in [0.15, 0.2) is 0 Å². The Bertz CT molecular complexity index is 734. The summed E-state index contributed by atoms with van der Waals surface area (Å²) >= 11 is 0. The van der Waals surface area contributed by atoms with Crippen LogP contribution in [0.25, 0.3) is 0 Å². The number of hydrogen-bond acceptors (Lipinski definition) is 4. The Hall–Kier alpha value is -2.89. The zero-order valence-corrected chi connectivity index (χ0v) is 16.1. The third-order valence-electron chi connectivity index (χ3n) is 4.16. The second-order valence-corrected chi connectivity index (χ2v) is 6.22. The zero-order chi connectivity index (χ0) is 20.2. The number of para-hydroxylation sites is 1. The van der Waals surface area contributed by atoms with Gasteiger partial charge >= 0.3 is 5.97 Å². The largest absolute Gasteiger partial charge is 0.493 e. The fourth-order valence-corrected chi connectivity index (χ4v) is 2.67. The van der Waals surface area contributed by atoms with Gasteiger partial charge in [-0.2, -0.15) is 0 Å². The van der Waals surface area contributed by atoms with Crippen molar-refractivity contribution in [3.05, 3.63) is 66.0 Å². The highest BCUT2D eigenvalue weighted by Gasteiger charge is 2.16. The summed E-state index contributed by atoms with van der Waals surface area (Å²) in [5.41, 5.74) is 0.927. The number of rotatable bonds is 11. The number of nitrogens with zero attached hydrogens (tertiary/aromatic N) is 1. The minimum Gasteiger partial charge on any atom is -0.493 e. The van der Waals surface area contributed by atoms with Crippen LogP contribution in [-0.2, 0) is 20.7 Å². The van der Waals surface area contributed by atoms with Crippen molar-refractivity contribution in [2.24, 2.45) is 0 Å². The lowest BCUT2D eigenvalue weighted by molar-refractivity contribution is -0.144. The van der Waals surface area contributed by atoms with E-state index in [4.69, 9.17) is 9.47 Å². The Morgan fingerprint density at radius 1 is 0.964 bits per heavy atom. The van der Waals surface area contributed by atoms with E-state index in [1.165, 1.54) is 12.1 Å². The van der Waals surface area contributed by atoms with Crippen LogP contribution in [0, 0.1) is 5.82 Å². The molecule has 0 bridgehead atoms. The lowest BCUT2D eigenvalue weighted by Crippen LogP contribution is -2.35. The maximum atomic E-state index is 13.0. The van der Waals surface area contributed by atoms with Gasteiger partial charge in [-0.1, -0.05) is 30.3 Å². The molecule has 0 aliphatic carbocycles. The summed E-state index contributed by atoms with van der Waals surface area (Å²) in [4.78, 5) is 25.9. The lowest BCUT2D eigenvalue weighted by Gasteiger charge is -2.22. The van der Waals surface area contributed by atoms with Crippen LogP contribution >= 0.6 is 0 Å². The summed E-state index contributed by atoms with van der Waals surface area (Å²) in [5.74, 6) is -0.0123. The highest BCUT2D eigenvalue weighted by Crippen LogP contribution is 2.10. The SMILES string of the molecule is CCOC(=O)CCN(CCc1ccc(F)cc1)C(=O)CCOc1ccccc1. The fourth-order valence-electron chi connectivity index (χ4n) is 2.67. The number of hydrogen-bond donors (Lipinski definition) is 0. The zero-order valence-electron chi connectivity index (χ0n) is 16.1. The van der Waals surface area contributed by atoms with Gasteiger partial charge in [0.05, 0.1) is 26.1 Å². The van der Waals surface area contributed by atoms with Crippen LogP contribution in [0.4, 0.5) is 4.39 Å². The average molecular weight is 387 g/mol. The summed E-state index contributed by atoms with van der Waals surface area (Å²) in [7, 11) is 0. The molecule has 2 aromatic carbocycles. The minimum absolute atomic E-state index is 0.0951. The van der Waals surface area contributed by atoms with E-state index in [9.17, 15) is 14.0 Å². The van der Waals surface area contributed by atoms with Crippen LogP contribution in [0.2, 0.25) is 0 Å². The number of esters is 1. The molecule has 28 heavy (non-hydrogen) atoms. The second kappa shape index (κ2) is 11.7. The molecule has 5 nitrogen and oxygen atoms in total. The van der Waals surface area contributed by atoms with Crippen molar-refractivity contribution >= 4 is 11.9 Å². The highest BCUT2D eigenvalue weighted by atomic mass is 19.1. The molecule has 0 heterocycles. The first-order valence-electron chi connectivity index (χ1n) is 9.44. The van der Waals surface area contributed by atoms with E-state index in [2.05, 4.69) is 0 Å². The fraction of sp³-hybridized carbons (Fsp3) is 0.364. The highest BCUT2D eigenvalue weighted by molar-refractivity contribution is 5.77. The summed E-state index contributed by atoms with van der Waals surface area (Å²) in [5, 5.41) is 0. The standard InChI is InChI=1S/C22H26FNO4/c1-2-27-22(26)13-16-24(15-12-18-8-10-19(23)11-9-18)21(25)14-17-28-20-6-4-3-5-7-20/h3-11H,2,12-17H2,1H3. The summed E-state index contributed by atoms with van der Waals surface area (Å²) in [6, 6.07) is 15.5. The van der Waals surface area contributed by atoms with E-state index in [0.717, 1.165) is 5.56 Å². The first-order chi connectivity index (χ1) is 13.6. The molecule has 0 aromatic heterocycles. The average Bonchev–Trinajstić information content (AvgIpc) is 2.70. The molecule has 0 aliphatic rings. The maximum absolute atomic E-state index is 13.0. The predicted molar refractivity (Wildman–Crippen MR) is 104 cm³/mol. The smallest absolute Gasteiger partial charge is 0.307 e. The van der Waals surface area contributed by atoms with Crippen LogP contribution < -0.4 is 4.74 Å². The van der Waals surface area contributed by atoms with Crippen molar-refractivity contribution in [1.29, 1.82) is 0 Å². The summed E-state index contributed by atoms with van der Waals surface area (Å²) in [6.45, 7) is 3.04. The van der Waals surface area contributed by atoms with Gasteiger partial charge in [-0.05, 0) is 43.2 Å². The van der Waals surface area contributed by atoms with Crippen molar-refractivity contribution in [1.82, 2.24) is 4.90 Å². The molecule has 150 valence electrons. The summed E-state index contributed by atoms with van der Waals surface area (Å²) < 4.78 is 23.6. The third kappa shape index (κ3) is 7.78. The van der Waals surface area contributed by atoms with E-state index >= 15 is 0 Å². The van der Waals surface area contributed by atoms with Crippen LogP contribution in [0.15, 0.2) is 54.6 Å². The van der Waals surface area contributed by atoms with Gasteiger partial charge in [0.1, 0.15) is 11.6 Å². The van der Waals surface area contributed by atoms with Gasteiger partial charge in [-0.15, -0.1) is 0 Å². The first kappa shape index (κ1) is 21.4. The molecule has 1 amide bonds. The van der Waals surface area contributed by atoms with E-state index in [1.807, 2.05) is 30.3 Å². The molecule has 0 radical (unpaired) electrons. The molecular formula is C22H26FNO4. The Morgan fingerprint density at radius 2 is 1.68 bits per heavy atom. The van der Waals surface area contributed by atoms with E-state index in [0.29, 0.717) is 25.3 Å². The molecule has 0 aliphatic heterocycles. The molecule has 0 unspecified atom stereocenters. The normalized spacial score (nSPS) is 10.4. The van der Waals surface area contributed by atoms with E-state index in [1.54, 1.807) is 24.0 Å². The monoisotopic (exact) mass is 387 g/mol. The Labute approximate surface area is 165 Å². The maximum Gasteiger partial charge on any atom is 0.307 e. The summed E-state index contributed by atoms with van der Waals surface area (Å²) in [6.07, 6.45) is 0.929. The van der Waals surface area contributed by atoms with Crippen LogP contribution in [0.1, 0.15) is 25.3 Å². The number of benzene rings is 2. The van der Waals surface area contributed by atoms with Crippen LogP contribution in [-0.4, -0.2) is 43.1 Å². The topological polar surface area (TPSA) is 55.8 Å². The molecule has 0 atom stereocenters. The number of carbonyl (C=O) groups is 2. The molecule has 2 aromatic rings. The number of halogens is 1. The van der Waals surface area contributed by atoms with Crippen LogP contribution in [0.3, 0.4) is 0 Å². The molecule has 2 rings (SSSR count). The molecule has 0 spiro atoms. The molecular weight excluding hydrogens is 361 g/mol. The van der Waals surface area contributed by atoms with Gasteiger partial charge in [0, 0.05) is 13.1 Å². The molecule has 0 saturated heterocycles. The third-order valence-corrected chi connectivity index (χ3v) is 4.16.